The van der Waals surface area contributed by atoms with Crippen molar-refractivity contribution in [3.05, 3.63) is 26.6 Å². The summed E-state index contributed by atoms with van der Waals surface area (Å²) in [5, 5.41) is 14.6. The van der Waals surface area contributed by atoms with Crippen molar-refractivity contribution < 1.29 is 14.7 Å². The Morgan fingerprint density at radius 1 is 1.24 bits per heavy atom. The van der Waals surface area contributed by atoms with Gasteiger partial charge in [-0.2, -0.15) is 0 Å². The number of halogens is 2. The van der Waals surface area contributed by atoms with Crippen LogP contribution in [0.1, 0.15) is 37.0 Å². The summed E-state index contributed by atoms with van der Waals surface area (Å²) in [5.41, 5.74) is 0.265. The fourth-order valence-electron chi connectivity index (χ4n) is 1.84. The zero-order valence-electron chi connectivity index (χ0n) is 11.9. The molecular weight excluding hydrogens is 404 g/mol. The van der Waals surface area contributed by atoms with Gasteiger partial charge < -0.3 is 15.7 Å². The number of anilines is 1. The quantitative estimate of drug-likeness (QED) is 0.634. The van der Waals surface area contributed by atoms with Gasteiger partial charge in [0.1, 0.15) is 0 Å². The molecular formula is C14H18Br2N2O3. The topological polar surface area (TPSA) is 78.4 Å². The second-order valence-corrected chi connectivity index (χ2v) is 6.40. The molecule has 0 aliphatic heterocycles. The summed E-state index contributed by atoms with van der Waals surface area (Å²) in [4.78, 5) is 23.2. The Morgan fingerprint density at radius 2 is 1.86 bits per heavy atom. The van der Waals surface area contributed by atoms with Crippen LogP contribution in [0, 0.1) is 5.92 Å². The molecule has 0 unspecified atom stereocenters. The third-order valence-corrected chi connectivity index (χ3v) is 4.31. The standard InChI is InChI=1S/C14H18Br2N2O3/c1-3-8(4-2)7-17-14(21)18-12-10(13(19)20)5-9(15)6-11(12)16/h5-6,8H,3-4,7H2,1-2H3,(H,19,20)(H2,17,18,21). The lowest BCUT2D eigenvalue weighted by Crippen LogP contribution is -2.33. The summed E-state index contributed by atoms with van der Waals surface area (Å²) in [5.74, 6) is -0.685. The maximum Gasteiger partial charge on any atom is 0.337 e. The molecule has 0 atom stereocenters. The van der Waals surface area contributed by atoms with E-state index in [1.807, 2.05) is 0 Å². The molecule has 1 aromatic carbocycles. The van der Waals surface area contributed by atoms with Crippen LogP contribution in [-0.4, -0.2) is 23.7 Å². The molecule has 0 spiro atoms. The van der Waals surface area contributed by atoms with Gasteiger partial charge in [-0.3, -0.25) is 0 Å². The van der Waals surface area contributed by atoms with Gasteiger partial charge in [-0.25, -0.2) is 9.59 Å². The van der Waals surface area contributed by atoms with Crippen LogP contribution in [0.5, 0.6) is 0 Å². The van der Waals surface area contributed by atoms with Gasteiger partial charge in [-0.1, -0.05) is 42.6 Å². The van der Waals surface area contributed by atoms with Crippen LogP contribution in [0.3, 0.4) is 0 Å². The van der Waals surface area contributed by atoms with E-state index in [1.165, 1.54) is 6.07 Å². The SMILES string of the molecule is CCC(CC)CNC(=O)Nc1c(Br)cc(Br)cc1C(=O)O. The maximum absolute atomic E-state index is 11.9. The number of benzene rings is 1. The number of hydrogen-bond donors (Lipinski definition) is 3. The Balaban J connectivity index is 2.83. The van der Waals surface area contributed by atoms with E-state index in [9.17, 15) is 14.7 Å². The minimum Gasteiger partial charge on any atom is -0.478 e. The van der Waals surface area contributed by atoms with E-state index in [0.717, 1.165) is 12.8 Å². The van der Waals surface area contributed by atoms with Gasteiger partial charge in [0.05, 0.1) is 11.3 Å². The second-order valence-electron chi connectivity index (χ2n) is 4.63. The largest absolute Gasteiger partial charge is 0.478 e. The molecule has 3 N–H and O–H groups in total. The zero-order valence-corrected chi connectivity index (χ0v) is 15.0. The number of hydrogen-bond acceptors (Lipinski definition) is 2. The summed E-state index contributed by atoms with van der Waals surface area (Å²) in [6.07, 6.45) is 1.97. The van der Waals surface area contributed by atoms with Crippen molar-refractivity contribution in [2.24, 2.45) is 5.92 Å². The number of nitrogens with one attached hydrogen (secondary N) is 2. The average molecular weight is 422 g/mol. The lowest BCUT2D eigenvalue weighted by Gasteiger charge is -2.15. The molecule has 0 heterocycles. The predicted molar refractivity (Wildman–Crippen MR) is 89.9 cm³/mol. The van der Waals surface area contributed by atoms with Crippen molar-refractivity contribution in [2.75, 3.05) is 11.9 Å². The molecule has 0 aliphatic rings. The fourth-order valence-corrected chi connectivity index (χ4v) is 3.17. The highest BCUT2D eigenvalue weighted by atomic mass is 79.9. The van der Waals surface area contributed by atoms with E-state index in [-0.39, 0.29) is 11.3 Å². The normalized spacial score (nSPS) is 10.5. The van der Waals surface area contributed by atoms with Crippen LogP contribution in [0.25, 0.3) is 0 Å². The zero-order chi connectivity index (χ0) is 16.0. The van der Waals surface area contributed by atoms with Crippen molar-refractivity contribution in [3.8, 4) is 0 Å². The van der Waals surface area contributed by atoms with E-state index >= 15 is 0 Å². The number of amides is 2. The van der Waals surface area contributed by atoms with Crippen LogP contribution in [-0.2, 0) is 0 Å². The average Bonchev–Trinajstić information content (AvgIpc) is 2.42. The van der Waals surface area contributed by atoms with Crippen molar-refractivity contribution in [1.82, 2.24) is 5.32 Å². The monoisotopic (exact) mass is 420 g/mol. The number of aromatic carboxylic acids is 1. The molecule has 0 aliphatic carbocycles. The minimum absolute atomic E-state index is 0.0222. The molecule has 7 heteroatoms. The Bertz CT molecular complexity index is 531. The second kappa shape index (κ2) is 8.38. The summed E-state index contributed by atoms with van der Waals surface area (Å²) < 4.78 is 1.13. The van der Waals surface area contributed by atoms with Gasteiger partial charge in [-0.05, 0) is 34.0 Å². The van der Waals surface area contributed by atoms with Crippen LogP contribution >= 0.6 is 31.9 Å². The first-order valence-electron chi connectivity index (χ1n) is 6.66. The highest BCUT2D eigenvalue weighted by Crippen LogP contribution is 2.30. The summed E-state index contributed by atoms with van der Waals surface area (Å²) in [6.45, 7) is 4.71. The van der Waals surface area contributed by atoms with E-state index in [1.54, 1.807) is 6.07 Å². The Labute approximate surface area is 140 Å². The Hall–Kier alpha value is -1.08. The van der Waals surface area contributed by atoms with Crippen LogP contribution < -0.4 is 10.6 Å². The van der Waals surface area contributed by atoms with Gasteiger partial charge >= 0.3 is 12.0 Å². The molecule has 21 heavy (non-hydrogen) atoms. The maximum atomic E-state index is 11.9. The fraction of sp³-hybridized carbons (Fsp3) is 0.429. The number of carboxylic acid groups (broad SMARTS) is 1. The highest BCUT2D eigenvalue weighted by Gasteiger charge is 2.17. The first-order chi connectivity index (χ1) is 9.88. The van der Waals surface area contributed by atoms with Gasteiger partial charge in [0.2, 0.25) is 0 Å². The molecule has 0 fully saturated rings. The first-order valence-corrected chi connectivity index (χ1v) is 8.24. The number of urea groups is 1. The number of carbonyl (C=O) groups excluding carboxylic acids is 1. The number of carboxylic acids is 1. The van der Waals surface area contributed by atoms with E-state index < -0.39 is 12.0 Å². The smallest absolute Gasteiger partial charge is 0.337 e. The molecule has 2 amide bonds. The van der Waals surface area contributed by atoms with E-state index in [2.05, 4.69) is 56.3 Å². The first kappa shape index (κ1) is 18.0. The molecule has 0 radical (unpaired) electrons. The van der Waals surface area contributed by atoms with Crippen molar-refractivity contribution in [3.63, 3.8) is 0 Å². The van der Waals surface area contributed by atoms with Gasteiger partial charge in [0.15, 0.2) is 0 Å². The minimum atomic E-state index is -1.10. The number of carbonyl (C=O) groups is 2. The van der Waals surface area contributed by atoms with Gasteiger partial charge in [0, 0.05) is 15.5 Å². The van der Waals surface area contributed by atoms with Crippen molar-refractivity contribution >= 4 is 49.5 Å². The van der Waals surface area contributed by atoms with Gasteiger partial charge in [-0.15, -0.1) is 0 Å². The molecule has 1 rings (SSSR count). The number of rotatable bonds is 6. The van der Waals surface area contributed by atoms with Crippen LogP contribution in [0.2, 0.25) is 0 Å². The molecule has 0 aromatic heterocycles. The summed E-state index contributed by atoms with van der Waals surface area (Å²) >= 11 is 6.49. The summed E-state index contributed by atoms with van der Waals surface area (Å²) in [7, 11) is 0. The Kier molecular flexibility index (Phi) is 7.17. The molecule has 0 bridgehead atoms. The lowest BCUT2D eigenvalue weighted by atomic mass is 10.0. The van der Waals surface area contributed by atoms with Gasteiger partial charge in [0.25, 0.3) is 0 Å². The van der Waals surface area contributed by atoms with E-state index in [4.69, 9.17) is 0 Å². The van der Waals surface area contributed by atoms with Crippen LogP contribution in [0.4, 0.5) is 10.5 Å². The summed E-state index contributed by atoms with van der Waals surface area (Å²) in [6, 6.07) is 2.72. The highest BCUT2D eigenvalue weighted by molar-refractivity contribution is 9.11. The Morgan fingerprint density at radius 3 is 2.38 bits per heavy atom. The molecule has 0 saturated heterocycles. The lowest BCUT2D eigenvalue weighted by molar-refractivity contribution is 0.0698. The van der Waals surface area contributed by atoms with Crippen molar-refractivity contribution in [2.45, 2.75) is 26.7 Å². The van der Waals surface area contributed by atoms with Crippen LogP contribution in [0.15, 0.2) is 21.1 Å². The molecule has 5 nitrogen and oxygen atoms in total. The molecule has 0 saturated carbocycles. The predicted octanol–water partition coefficient (Wildman–Crippen LogP) is 4.47. The van der Waals surface area contributed by atoms with E-state index in [0.29, 0.717) is 21.4 Å². The third kappa shape index (κ3) is 5.32. The third-order valence-electron chi connectivity index (χ3n) is 3.23. The molecule has 116 valence electrons. The van der Waals surface area contributed by atoms with Crippen molar-refractivity contribution in [1.29, 1.82) is 0 Å². The molecule has 1 aromatic rings.